The Morgan fingerprint density at radius 2 is 1.56 bits per heavy atom. The normalized spacial score (nSPS) is 10.8. The quantitative estimate of drug-likeness (QED) is 0.339. The molecule has 2 N–H and O–H groups in total. The van der Waals surface area contributed by atoms with Crippen LogP contribution < -0.4 is 0 Å². The van der Waals surface area contributed by atoms with Gasteiger partial charge < -0.3 is 14.9 Å². The summed E-state index contributed by atoms with van der Waals surface area (Å²) in [6, 6.07) is 16.7. The van der Waals surface area contributed by atoms with Crippen molar-refractivity contribution in [2.45, 2.75) is 20.3 Å². The van der Waals surface area contributed by atoms with E-state index in [1.54, 1.807) is 48.5 Å². The highest BCUT2D eigenvalue weighted by Gasteiger charge is 2.18. The van der Waals surface area contributed by atoms with Crippen LogP contribution in [0.25, 0.3) is 34.2 Å². The van der Waals surface area contributed by atoms with E-state index in [1.807, 2.05) is 19.9 Å². The van der Waals surface area contributed by atoms with Crippen LogP contribution >= 0.6 is 11.6 Å². The SMILES string of the molecule is CCCOC(=O)c1ccc(-c2nc(-c3ccccc3O)nc(-c3ccc(C)cc3O)n2)cc1Cl. The summed E-state index contributed by atoms with van der Waals surface area (Å²) in [5, 5.41) is 21.1. The Morgan fingerprint density at radius 1 is 0.882 bits per heavy atom. The molecule has 0 aliphatic carbocycles. The molecule has 0 atom stereocenters. The van der Waals surface area contributed by atoms with Gasteiger partial charge >= 0.3 is 5.97 Å². The Kier molecular flexibility index (Phi) is 6.75. The molecule has 0 fully saturated rings. The predicted octanol–water partition coefficient (Wildman–Crippen LogP) is 5.81. The zero-order valence-electron chi connectivity index (χ0n) is 18.6. The van der Waals surface area contributed by atoms with Crippen LogP contribution in [0.5, 0.6) is 11.5 Å². The van der Waals surface area contributed by atoms with E-state index in [9.17, 15) is 15.0 Å². The average Bonchev–Trinajstić information content (AvgIpc) is 2.82. The molecule has 0 aliphatic rings. The Hall–Kier alpha value is -3.97. The summed E-state index contributed by atoms with van der Waals surface area (Å²) >= 11 is 6.38. The lowest BCUT2D eigenvalue weighted by molar-refractivity contribution is 0.0505. The summed E-state index contributed by atoms with van der Waals surface area (Å²) in [4.78, 5) is 25.8. The number of aromatic hydroxyl groups is 2. The third-order valence-electron chi connectivity index (χ3n) is 5.06. The second kappa shape index (κ2) is 9.89. The molecule has 34 heavy (non-hydrogen) atoms. The van der Waals surface area contributed by atoms with Crippen molar-refractivity contribution in [1.29, 1.82) is 0 Å². The second-order valence-electron chi connectivity index (χ2n) is 7.67. The van der Waals surface area contributed by atoms with Crippen LogP contribution in [0, 0.1) is 6.92 Å². The third-order valence-corrected chi connectivity index (χ3v) is 5.37. The maximum atomic E-state index is 12.2. The topological polar surface area (TPSA) is 105 Å². The van der Waals surface area contributed by atoms with Gasteiger partial charge in [-0.2, -0.15) is 0 Å². The molecule has 7 nitrogen and oxygen atoms in total. The Bertz CT molecular complexity index is 1370. The number of halogens is 1. The summed E-state index contributed by atoms with van der Waals surface area (Å²) in [7, 11) is 0. The van der Waals surface area contributed by atoms with Gasteiger partial charge in [0.25, 0.3) is 0 Å². The van der Waals surface area contributed by atoms with Crippen molar-refractivity contribution < 1.29 is 19.7 Å². The number of carbonyl (C=O) groups is 1. The molecule has 0 bridgehead atoms. The third kappa shape index (κ3) is 4.84. The number of hydrogen-bond donors (Lipinski definition) is 2. The summed E-state index contributed by atoms with van der Waals surface area (Å²) in [6.07, 6.45) is 0.704. The second-order valence-corrected chi connectivity index (χ2v) is 8.08. The lowest BCUT2D eigenvalue weighted by Crippen LogP contribution is -2.07. The predicted molar refractivity (Wildman–Crippen MR) is 130 cm³/mol. The van der Waals surface area contributed by atoms with Gasteiger partial charge in [0.15, 0.2) is 17.5 Å². The van der Waals surface area contributed by atoms with Crippen LogP contribution in [0.3, 0.4) is 0 Å². The highest BCUT2D eigenvalue weighted by Crippen LogP contribution is 2.33. The number of ether oxygens (including phenoxy) is 1. The summed E-state index contributed by atoms with van der Waals surface area (Å²) in [6.45, 7) is 4.08. The number of aromatic nitrogens is 3. The fraction of sp³-hybridized carbons (Fsp3) is 0.154. The first-order valence-corrected chi connectivity index (χ1v) is 11.1. The van der Waals surface area contributed by atoms with Crippen LogP contribution in [0.15, 0.2) is 60.7 Å². The van der Waals surface area contributed by atoms with E-state index >= 15 is 0 Å². The van der Waals surface area contributed by atoms with Crippen molar-refractivity contribution in [3.05, 3.63) is 76.8 Å². The van der Waals surface area contributed by atoms with Gasteiger partial charge in [0.2, 0.25) is 0 Å². The number of phenols is 2. The Morgan fingerprint density at radius 3 is 2.21 bits per heavy atom. The summed E-state index contributed by atoms with van der Waals surface area (Å²) in [5.74, 6) is 0.231. The number of para-hydroxylation sites is 1. The first-order valence-electron chi connectivity index (χ1n) is 10.7. The molecule has 0 saturated heterocycles. The molecule has 0 amide bonds. The molecule has 0 unspecified atom stereocenters. The van der Waals surface area contributed by atoms with E-state index in [4.69, 9.17) is 16.3 Å². The number of benzene rings is 3. The van der Waals surface area contributed by atoms with Crippen molar-refractivity contribution in [2.24, 2.45) is 0 Å². The standard InChI is InChI=1S/C26H22ClN3O4/c1-3-12-34-26(33)17-11-9-16(14-20(17)27)23-28-24(18-6-4-5-7-21(18)31)30-25(29-23)19-10-8-15(2)13-22(19)32/h4-11,13-14,31-32H,3,12H2,1-2H3. The maximum absolute atomic E-state index is 12.2. The lowest BCUT2D eigenvalue weighted by Gasteiger charge is -2.11. The van der Waals surface area contributed by atoms with Gasteiger partial charge in [-0.3, -0.25) is 0 Å². The van der Waals surface area contributed by atoms with Gasteiger partial charge in [0, 0.05) is 5.56 Å². The Balaban J connectivity index is 1.85. The molecule has 0 saturated carbocycles. The van der Waals surface area contributed by atoms with E-state index in [0.29, 0.717) is 29.7 Å². The molecule has 172 valence electrons. The van der Waals surface area contributed by atoms with Gasteiger partial charge in [0.05, 0.1) is 28.3 Å². The van der Waals surface area contributed by atoms with Gasteiger partial charge in [-0.05, 0) is 55.3 Å². The summed E-state index contributed by atoms with van der Waals surface area (Å²) < 4.78 is 5.17. The minimum atomic E-state index is -0.505. The van der Waals surface area contributed by atoms with Gasteiger partial charge in [-0.15, -0.1) is 0 Å². The molecule has 4 rings (SSSR count). The minimum Gasteiger partial charge on any atom is -0.507 e. The van der Waals surface area contributed by atoms with Crippen LogP contribution in [-0.2, 0) is 4.74 Å². The van der Waals surface area contributed by atoms with Crippen molar-refractivity contribution in [2.75, 3.05) is 6.61 Å². The number of esters is 1. The molecule has 0 spiro atoms. The van der Waals surface area contributed by atoms with Gasteiger partial charge in [-0.25, -0.2) is 19.7 Å². The molecular weight excluding hydrogens is 454 g/mol. The Labute approximate surface area is 201 Å². The number of hydrogen-bond acceptors (Lipinski definition) is 7. The van der Waals surface area contributed by atoms with Crippen molar-refractivity contribution >= 4 is 17.6 Å². The zero-order chi connectivity index (χ0) is 24.2. The fourth-order valence-corrected chi connectivity index (χ4v) is 3.59. The highest BCUT2D eigenvalue weighted by molar-refractivity contribution is 6.33. The maximum Gasteiger partial charge on any atom is 0.339 e. The number of carbonyl (C=O) groups excluding carboxylic acids is 1. The first kappa shape index (κ1) is 23.2. The molecule has 1 heterocycles. The average molecular weight is 476 g/mol. The van der Waals surface area contributed by atoms with Crippen LogP contribution in [-0.4, -0.2) is 37.7 Å². The van der Waals surface area contributed by atoms with Crippen molar-refractivity contribution in [3.63, 3.8) is 0 Å². The smallest absolute Gasteiger partial charge is 0.339 e. The molecule has 1 aromatic heterocycles. The van der Waals surface area contributed by atoms with E-state index in [0.717, 1.165) is 5.56 Å². The molecule has 3 aromatic carbocycles. The number of rotatable bonds is 6. The van der Waals surface area contributed by atoms with Crippen molar-refractivity contribution in [3.8, 4) is 45.7 Å². The number of nitrogens with zero attached hydrogens (tertiary/aromatic N) is 3. The highest BCUT2D eigenvalue weighted by atomic mass is 35.5. The molecule has 8 heteroatoms. The fourth-order valence-electron chi connectivity index (χ4n) is 3.33. The number of aryl methyl sites for hydroxylation is 1. The van der Waals surface area contributed by atoms with E-state index in [2.05, 4.69) is 15.0 Å². The van der Waals surface area contributed by atoms with Crippen molar-refractivity contribution in [1.82, 2.24) is 15.0 Å². The van der Waals surface area contributed by atoms with Gasteiger partial charge in [-0.1, -0.05) is 42.8 Å². The molecule has 4 aromatic rings. The number of phenolic OH excluding ortho intramolecular Hbond substituents is 2. The molecule has 0 radical (unpaired) electrons. The first-order chi connectivity index (χ1) is 16.4. The van der Waals surface area contributed by atoms with E-state index in [-0.39, 0.29) is 39.6 Å². The molecule has 0 aliphatic heterocycles. The monoisotopic (exact) mass is 475 g/mol. The largest absolute Gasteiger partial charge is 0.507 e. The van der Waals surface area contributed by atoms with Crippen LogP contribution in [0.2, 0.25) is 5.02 Å². The summed E-state index contributed by atoms with van der Waals surface area (Å²) in [5.41, 5.74) is 2.48. The van der Waals surface area contributed by atoms with Crippen LogP contribution in [0.4, 0.5) is 0 Å². The lowest BCUT2D eigenvalue weighted by atomic mass is 10.1. The van der Waals surface area contributed by atoms with E-state index in [1.165, 1.54) is 6.07 Å². The van der Waals surface area contributed by atoms with Crippen LogP contribution in [0.1, 0.15) is 29.3 Å². The van der Waals surface area contributed by atoms with Gasteiger partial charge in [0.1, 0.15) is 11.5 Å². The molecular formula is C26H22ClN3O4. The van der Waals surface area contributed by atoms with E-state index < -0.39 is 5.97 Å². The minimum absolute atomic E-state index is 0.00535. The zero-order valence-corrected chi connectivity index (χ0v) is 19.4.